The average Bonchev–Trinajstić information content (AvgIpc) is 2.68. The van der Waals surface area contributed by atoms with Gasteiger partial charge in [-0.1, -0.05) is 18.2 Å². The van der Waals surface area contributed by atoms with Gasteiger partial charge in [-0.2, -0.15) is 0 Å². The second kappa shape index (κ2) is 8.50. The predicted octanol–water partition coefficient (Wildman–Crippen LogP) is 3.89. The number of benzene rings is 1. The minimum atomic E-state index is -2.11. The van der Waals surface area contributed by atoms with Gasteiger partial charge in [0, 0.05) is 30.9 Å². The summed E-state index contributed by atoms with van der Waals surface area (Å²) in [6, 6.07) is 9.22. The van der Waals surface area contributed by atoms with Gasteiger partial charge in [-0.15, -0.1) is 0 Å². The molecule has 1 aromatic heterocycles. The monoisotopic (exact) mass is 380 g/mol. The molecule has 0 bridgehead atoms. The van der Waals surface area contributed by atoms with Crippen molar-refractivity contribution in [2.24, 2.45) is 0 Å². The highest BCUT2D eigenvalue weighted by atomic mass is 19.2. The third kappa shape index (κ3) is 4.46. The Balaban J connectivity index is 1.61. The standard InChI is InChI=1S/C20H20F4N2O/c21-15-10-16(22)19(24)17(18(15)23)13-3-5-14(6-4-13)20(27)26-9-7-12-2-1-8-25-11-12/h1-6,8,11,15-19H,7,9-10H2,(H,26,27)/t15-,16+,17?,18-,19+. The van der Waals surface area contributed by atoms with Crippen LogP contribution in [0.3, 0.4) is 0 Å². The zero-order valence-electron chi connectivity index (χ0n) is 14.5. The lowest BCUT2D eigenvalue weighted by atomic mass is 9.79. The number of hydrogen-bond donors (Lipinski definition) is 1. The number of aromatic nitrogens is 1. The van der Waals surface area contributed by atoms with Crippen LogP contribution in [0.15, 0.2) is 48.8 Å². The predicted molar refractivity (Wildman–Crippen MR) is 93.7 cm³/mol. The van der Waals surface area contributed by atoms with E-state index in [9.17, 15) is 22.4 Å². The van der Waals surface area contributed by atoms with Crippen LogP contribution < -0.4 is 5.32 Å². The second-order valence-corrected chi connectivity index (χ2v) is 6.67. The van der Waals surface area contributed by atoms with Crippen LogP contribution in [0.2, 0.25) is 0 Å². The van der Waals surface area contributed by atoms with E-state index >= 15 is 0 Å². The Morgan fingerprint density at radius 1 is 1.04 bits per heavy atom. The van der Waals surface area contributed by atoms with Gasteiger partial charge in [0.15, 0.2) is 0 Å². The fourth-order valence-corrected chi connectivity index (χ4v) is 3.29. The lowest BCUT2D eigenvalue weighted by Gasteiger charge is -2.34. The number of carbonyl (C=O) groups excluding carboxylic acids is 1. The first-order valence-corrected chi connectivity index (χ1v) is 8.80. The molecule has 27 heavy (non-hydrogen) atoms. The maximum atomic E-state index is 14.1. The lowest BCUT2D eigenvalue weighted by molar-refractivity contribution is -0.00571. The fourth-order valence-electron chi connectivity index (χ4n) is 3.29. The first kappa shape index (κ1) is 19.3. The maximum absolute atomic E-state index is 14.1. The van der Waals surface area contributed by atoms with Crippen LogP contribution in [0, 0.1) is 0 Å². The molecule has 1 aliphatic carbocycles. The minimum Gasteiger partial charge on any atom is -0.352 e. The number of hydrogen-bond acceptors (Lipinski definition) is 2. The van der Waals surface area contributed by atoms with Crippen molar-refractivity contribution in [3.8, 4) is 0 Å². The molecule has 1 heterocycles. The van der Waals surface area contributed by atoms with Crippen molar-refractivity contribution in [3.05, 3.63) is 65.5 Å². The van der Waals surface area contributed by atoms with Gasteiger partial charge in [0.1, 0.15) is 24.7 Å². The Kier molecular flexibility index (Phi) is 6.08. The zero-order valence-corrected chi connectivity index (χ0v) is 14.5. The van der Waals surface area contributed by atoms with Gasteiger partial charge in [-0.05, 0) is 35.7 Å². The molecule has 3 nitrogen and oxygen atoms in total. The summed E-state index contributed by atoms with van der Waals surface area (Å²) in [7, 11) is 0. The van der Waals surface area contributed by atoms with Crippen molar-refractivity contribution in [2.75, 3.05) is 6.54 Å². The van der Waals surface area contributed by atoms with E-state index < -0.39 is 37.0 Å². The van der Waals surface area contributed by atoms with E-state index in [4.69, 9.17) is 0 Å². The molecule has 1 unspecified atom stereocenters. The summed E-state index contributed by atoms with van der Waals surface area (Å²) in [5.74, 6) is -1.85. The quantitative estimate of drug-likeness (QED) is 0.800. The highest BCUT2D eigenvalue weighted by Crippen LogP contribution is 2.40. The third-order valence-electron chi connectivity index (χ3n) is 4.81. The molecule has 0 aliphatic heterocycles. The number of alkyl halides is 4. The van der Waals surface area contributed by atoms with Crippen LogP contribution in [0.5, 0.6) is 0 Å². The van der Waals surface area contributed by atoms with Crippen LogP contribution in [-0.2, 0) is 6.42 Å². The van der Waals surface area contributed by atoms with Gasteiger partial charge in [0.2, 0.25) is 0 Å². The second-order valence-electron chi connectivity index (χ2n) is 6.67. The van der Waals surface area contributed by atoms with Crippen LogP contribution >= 0.6 is 0 Å². The Labute approximate surface area is 154 Å². The summed E-state index contributed by atoms with van der Waals surface area (Å²) in [5.41, 5.74) is 1.43. The smallest absolute Gasteiger partial charge is 0.251 e. The molecule has 1 saturated carbocycles. The summed E-state index contributed by atoms with van der Waals surface area (Å²) in [6.07, 6.45) is -5.06. The summed E-state index contributed by atoms with van der Waals surface area (Å²) >= 11 is 0. The Morgan fingerprint density at radius 2 is 1.70 bits per heavy atom. The van der Waals surface area contributed by atoms with E-state index in [1.54, 1.807) is 18.5 Å². The van der Waals surface area contributed by atoms with Gasteiger partial charge in [0.05, 0.1) is 5.92 Å². The largest absolute Gasteiger partial charge is 0.352 e. The highest BCUT2D eigenvalue weighted by molar-refractivity contribution is 5.94. The fraction of sp³-hybridized carbons (Fsp3) is 0.400. The molecule has 0 spiro atoms. The number of rotatable bonds is 5. The molecule has 1 aliphatic rings. The highest BCUT2D eigenvalue weighted by Gasteiger charge is 2.47. The van der Waals surface area contributed by atoms with Gasteiger partial charge in [-0.3, -0.25) is 9.78 Å². The van der Waals surface area contributed by atoms with E-state index in [-0.39, 0.29) is 11.5 Å². The first-order chi connectivity index (χ1) is 13.0. The maximum Gasteiger partial charge on any atom is 0.251 e. The number of nitrogens with one attached hydrogen (secondary N) is 1. The van der Waals surface area contributed by atoms with Crippen molar-refractivity contribution in [3.63, 3.8) is 0 Å². The molecule has 144 valence electrons. The van der Waals surface area contributed by atoms with E-state index in [0.29, 0.717) is 18.5 Å². The van der Waals surface area contributed by atoms with Crippen LogP contribution in [0.1, 0.15) is 33.8 Å². The molecule has 0 saturated heterocycles. The molecule has 1 aromatic carbocycles. The minimum absolute atomic E-state index is 0.145. The molecule has 3 rings (SSSR count). The molecular formula is C20H20F4N2O. The molecule has 1 fully saturated rings. The summed E-state index contributed by atoms with van der Waals surface area (Å²) in [6.45, 7) is 0.404. The molecular weight excluding hydrogens is 360 g/mol. The SMILES string of the molecule is O=C(NCCc1cccnc1)c1ccc(C2[C@@H](F)[C@@H](F)C[C@@H](F)[C@H]2F)cc1. The van der Waals surface area contributed by atoms with E-state index in [1.807, 2.05) is 6.07 Å². The molecule has 0 radical (unpaired) electrons. The van der Waals surface area contributed by atoms with Crippen LogP contribution in [0.25, 0.3) is 0 Å². The van der Waals surface area contributed by atoms with Crippen molar-refractivity contribution < 1.29 is 22.4 Å². The van der Waals surface area contributed by atoms with Crippen molar-refractivity contribution >= 4 is 5.91 Å². The topological polar surface area (TPSA) is 42.0 Å². The number of nitrogens with zero attached hydrogens (tertiary/aromatic N) is 1. The Bertz CT molecular complexity index is 742. The van der Waals surface area contributed by atoms with E-state index in [2.05, 4.69) is 10.3 Å². The van der Waals surface area contributed by atoms with Gasteiger partial charge in [-0.25, -0.2) is 17.6 Å². The molecule has 7 heteroatoms. The first-order valence-electron chi connectivity index (χ1n) is 8.80. The Hall–Kier alpha value is -2.44. The van der Waals surface area contributed by atoms with Crippen molar-refractivity contribution in [2.45, 2.75) is 43.4 Å². The number of carbonyl (C=O) groups is 1. The molecule has 2 aromatic rings. The van der Waals surface area contributed by atoms with Crippen LogP contribution in [-0.4, -0.2) is 42.1 Å². The van der Waals surface area contributed by atoms with E-state index in [1.165, 1.54) is 24.3 Å². The van der Waals surface area contributed by atoms with Crippen LogP contribution in [0.4, 0.5) is 17.6 Å². The number of pyridine rings is 1. The van der Waals surface area contributed by atoms with Crippen molar-refractivity contribution in [1.29, 1.82) is 0 Å². The Morgan fingerprint density at radius 3 is 2.30 bits per heavy atom. The van der Waals surface area contributed by atoms with Gasteiger partial charge in [0.25, 0.3) is 5.91 Å². The third-order valence-corrected chi connectivity index (χ3v) is 4.81. The summed E-state index contributed by atoms with van der Waals surface area (Å²) in [5, 5.41) is 2.74. The zero-order chi connectivity index (χ0) is 19.4. The van der Waals surface area contributed by atoms with Gasteiger partial charge >= 0.3 is 0 Å². The molecule has 1 N–H and O–H groups in total. The summed E-state index contributed by atoms with van der Waals surface area (Å²) < 4.78 is 55.3. The summed E-state index contributed by atoms with van der Waals surface area (Å²) in [4.78, 5) is 16.2. The van der Waals surface area contributed by atoms with E-state index in [0.717, 1.165) is 5.56 Å². The number of amides is 1. The van der Waals surface area contributed by atoms with Crippen molar-refractivity contribution in [1.82, 2.24) is 10.3 Å². The molecule has 5 atom stereocenters. The molecule has 1 amide bonds. The lowest BCUT2D eigenvalue weighted by Crippen LogP contribution is -2.43. The van der Waals surface area contributed by atoms with Gasteiger partial charge < -0.3 is 5.32 Å². The average molecular weight is 380 g/mol. The number of halogens is 4. The normalized spacial score (nSPS) is 27.9.